The highest BCUT2D eigenvalue weighted by atomic mass is 16.5. The van der Waals surface area contributed by atoms with Crippen LogP contribution in [-0.2, 0) is 6.54 Å². The van der Waals surface area contributed by atoms with Crippen LogP contribution in [0.2, 0.25) is 0 Å². The third-order valence-electron chi connectivity index (χ3n) is 3.18. The van der Waals surface area contributed by atoms with Crippen LogP contribution in [0, 0.1) is 0 Å². The molecule has 1 heterocycles. The summed E-state index contributed by atoms with van der Waals surface area (Å²) in [4.78, 5) is 2.47. The zero-order chi connectivity index (χ0) is 12.8. The molecule has 18 heavy (non-hydrogen) atoms. The van der Waals surface area contributed by atoms with Crippen LogP contribution in [0.5, 0.6) is 5.75 Å². The lowest BCUT2D eigenvalue weighted by atomic mass is 10.1. The second kappa shape index (κ2) is 6.57. The number of ether oxygens (including phenoxy) is 1. The van der Waals surface area contributed by atoms with Crippen LogP contribution in [0.15, 0.2) is 36.9 Å². The van der Waals surface area contributed by atoms with E-state index in [0.29, 0.717) is 12.6 Å². The summed E-state index contributed by atoms with van der Waals surface area (Å²) in [5.74, 6) is 0.976. The van der Waals surface area contributed by atoms with Crippen molar-refractivity contribution in [2.75, 3.05) is 26.2 Å². The number of hydrogen-bond acceptors (Lipinski definition) is 3. The van der Waals surface area contributed by atoms with Gasteiger partial charge in [-0.25, -0.2) is 0 Å². The molecule has 0 bridgehead atoms. The molecule has 1 fully saturated rings. The van der Waals surface area contributed by atoms with Crippen molar-refractivity contribution in [3.8, 4) is 5.75 Å². The highest BCUT2D eigenvalue weighted by Crippen LogP contribution is 2.20. The van der Waals surface area contributed by atoms with E-state index in [2.05, 4.69) is 35.9 Å². The molecule has 0 radical (unpaired) electrons. The minimum atomic E-state index is 0.564. The summed E-state index contributed by atoms with van der Waals surface area (Å²) in [7, 11) is 0. The van der Waals surface area contributed by atoms with Gasteiger partial charge in [0.15, 0.2) is 0 Å². The standard InChI is InChI=1S/C15H22N2O/c1-3-10-18-15-7-5-4-6-14(15)12-17-9-8-16-13(2)11-17/h3-7,13,16H,1,8-12H2,2H3. The molecule has 1 aliphatic heterocycles. The summed E-state index contributed by atoms with van der Waals surface area (Å²) in [6, 6.07) is 8.83. The molecule has 1 aromatic rings. The van der Waals surface area contributed by atoms with Gasteiger partial charge >= 0.3 is 0 Å². The molecular formula is C15H22N2O. The van der Waals surface area contributed by atoms with Crippen molar-refractivity contribution >= 4 is 0 Å². The average molecular weight is 246 g/mol. The van der Waals surface area contributed by atoms with Crippen molar-refractivity contribution in [1.82, 2.24) is 10.2 Å². The van der Waals surface area contributed by atoms with Crippen LogP contribution in [0.1, 0.15) is 12.5 Å². The Balaban J connectivity index is 2.01. The molecular weight excluding hydrogens is 224 g/mol. The van der Waals surface area contributed by atoms with E-state index in [4.69, 9.17) is 4.74 Å². The molecule has 2 rings (SSSR count). The average Bonchev–Trinajstić information content (AvgIpc) is 2.38. The lowest BCUT2D eigenvalue weighted by molar-refractivity contribution is 0.197. The Morgan fingerprint density at radius 3 is 3.11 bits per heavy atom. The molecule has 1 unspecified atom stereocenters. The van der Waals surface area contributed by atoms with E-state index in [1.807, 2.05) is 12.1 Å². The molecule has 1 aliphatic rings. The Labute approximate surface area is 109 Å². The number of benzene rings is 1. The Kier molecular flexibility index (Phi) is 4.79. The molecule has 1 saturated heterocycles. The number of para-hydroxylation sites is 1. The molecule has 1 N–H and O–H groups in total. The Hall–Kier alpha value is -1.32. The van der Waals surface area contributed by atoms with Crippen molar-refractivity contribution < 1.29 is 4.74 Å². The van der Waals surface area contributed by atoms with Crippen LogP contribution in [-0.4, -0.2) is 37.2 Å². The molecule has 3 nitrogen and oxygen atoms in total. The first-order valence-electron chi connectivity index (χ1n) is 6.57. The highest BCUT2D eigenvalue weighted by molar-refractivity contribution is 5.33. The van der Waals surface area contributed by atoms with Crippen LogP contribution >= 0.6 is 0 Å². The van der Waals surface area contributed by atoms with Gasteiger partial charge in [0.1, 0.15) is 12.4 Å². The summed E-state index contributed by atoms with van der Waals surface area (Å²) in [5.41, 5.74) is 1.26. The van der Waals surface area contributed by atoms with Crippen molar-refractivity contribution in [3.05, 3.63) is 42.5 Å². The SMILES string of the molecule is C=CCOc1ccccc1CN1CCNC(C)C1. The Morgan fingerprint density at radius 2 is 2.33 bits per heavy atom. The lowest BCUT2D eigenvalue weighted by Crippen LogP contribution is -2.48. The van der Waals surface area contributed by atoms with Crippen LogP contribution in [0.4, 0.5) is 0 Å². The molecule has 1 aromatic carbocycles. The van der Waals surface area contributed by atoms with Gasteiger partial charge in [-0.1, -0.05) is 30.9 Å². The van der Waals surface area contributed by atoms with Crippen molar-refractivity contribution in [3.63, 3.8) is 0 Å². The maximum Gasteiger partial charge on any atom is 0.124 e. The number of piperazine rings is 1. The van der Waals surface area contributed by atoms with Gasteiger partial charge in [0.05, 0.1) is 0 Å². The van der Waals surface area contributed by atoms with Crippen molar-refractivity contribution in [2.45, 2.75) is 19.5 Å². The summed E-state index contributed by atoms with van der Waals surface area (Å²) >= 11 is 0. The largest absolute Gasteiger partial charge is 0.489 e. The molecule has 3 heteroatoms. The fourth-order valence-corrected chi connectivity index (χ4v) is 2.32. The van der Waals surface area contributed by atoms with Gasteiger partial charge in [-0.05, 0) is 13.0 Å². The highest BCUT2D eigenvalue weighted by Gasteiger charge is 2.16. The zero-order valence-electron chi connectivity index (χ0n) is 11.1. The molecule has 1 atom stereocenters. The molecule has 0 spiro atoms. The predicted molar refractivity (Wildman–Crippen MR) is 74.9 cm³/mol. The van der Waals surface area contributed by atoms with Crippen LogP contribution in [0.25, 0.3) is 0 Å². The Morgan fingerprint density at radius 1 is 1.50 bits per heavy atom. The third-order valence-corrected chi connectivity index (χ3v) is 3.18. The molecule has 0 aromatic heterocycles. The van der Waals surface area contributed by atoms with Gasteiger partial charge in [-0.3, -0.25) is 4.90 Å². The second-order valence-corrected chi connectivity index (χ2v) is 4.80. The summed E-state index contributed by atoms with van der Waals surface area (Å²) in [6.07, 6.45) is 1.78. The monoisotopic (exact) mass is 246 g/mol. The van der Waals surface area contributed by atoms with Gasteiger partial charge in [0, 0.05) is 37.8 Å². The van der Waals surface area contributed by atoms with E-state index < -0.39 is 0 Å². The molecule has 0 amide bonds. The minimum Gasteiger partial charge on any atom is -0.489 e. The zero-order valence-corrected chi connectivity index (χ0v) is 11.1. The van der Waals surface area contributed by atoms with Gasteiger partial charge < -0.3 is 10.1 Å². The summed E-state index contributed by atoms with van der Waals surface area (Å²) in [5, 5.41) is 3.46. The van der Waals surface area contributed by atoms with Gasteiger partial charge in [0.25, 0.3) is 0 Å². The Bertz CT molecular complexity index is 392. The van der Waals surface area contributed by atoms with Gasteiger partial charge in [-0.15, -0.1) is 0 Å². The first-order chi connectivity index (χ1) is 8.79. The smallest absolute Gasteiger partial charge is 0.124 e. The fourth-order valence-electron chi connectivity index (χ4n) is 2.32. The van der Waals surface area contributed by atoms with Crippen molar-refractivity contribution in [1.29, 1.82) is 0 Å². The third kappa shape index (κ3) is 3.59. The quantitative estimate of drug-likeness (QED) is 0.805. The molecule has 98 valence electrons. The number of nitrogens with one attached hydrogen (secondary N) is 1. The van der Waals surface area contributed by atoms with Crippen molar-refractivity contribution in [2.24, 2.45) is 0 Å². The van der Waals surface area contributed by atoms with E-state index in [1.165, 1.54) is 5.56 Å². The summed E-state index contributed by atoms with van der Waals surface area (Å²) in [6.45, 7) is 10.7. The first kappa shape index (κ1) is 13.1. The number of hydrogen-bond donors (Lipinski definition) is 1. The van der Waals surface area contributed by atoms with Crippen LogP contribution in [0.3, 0.4) is 0 Å². The summed E-state index contributed by atoms with van der Waals surface area (Å²) < 4.78 is 5.69. The molecule has 0 saturated carbocycles. The van der Waals surface area contributed by atoms with E-state index in [9.17, 15) is 0 Å². The van der Waals surface area contributed by atoms with E-state index >= 15 is 0 Å². The van der Waals surface area contributed by atoms with E-state index in [0.717, 1.165) is 31.9 Å². The maximum absolute atomic E-state index is 5.69. The van der Waals surface area contributed by atoms with Gasteiger partial charge in [0.2, 0.25) is 0 Å². The maximum atomic E-state index is 5.69. The van der Waals surface area contributed by atoms with E-state index in [-0.39, 0.29) is 0 Å². The predicted octanol–water partition coefficient (Wildman–Crippen LogP) is 2.05. The number of nitrogens with zero attached hydrogens (tertiary/aromatic N) is 1. The lowest BCUT2D eigenvalue weighted by Gasteiger charge is -2.32. The first-order valence-corrected chi connectivity index (χ1v) is 6.57. The topological polar surface area (TPSA) is 24.5 Å². The van der Waals surface area contributed by atoms with Crippen LogP contribution < -0.4 is 10.1 Å². The van der Waals surface area contributed by atoms with Gasteiger partial charge in [-0.2, -0.15) is 0 Å². The fraction of sp³-hybridized carbons (Fsp3) is 0.467. The van der Waals surface area contributed by atoms with E-state index in [1.54, 1.807) is 6.08 Å². The second-order valence-electron chi connectivity index (χ2n) is 4.80. The minimum absolute atomic E-state index is 0.564. The molecule has 0 aliphatic carbocycles. The normalized spacial score (nSPS) is 20.6. The number of rotatable bonds is 5.